The van der Waals surface area contributed by atoms with E-state index in [1.807, 2.05) is 28.5 Å². The number of anilines is 1. The number of hydrogen-bond donors (Lipinski definition) is 2. The molecular formula is C18H13BrClN3OS2. The Kier molecular flexibility index (Phi) is 4.88. The zero-order chi connectivity index (χ0) is 18.3. The molecule has 8 heteroatoms. The van der Waals surface area contributed by atoms with Crippen LogP contribution in [-0.4, -0.2) is 15.2 Å². The Labute approximate surface area is 173 Å². The predicted molar refractivity (Wildman–Crippen MR) is 113 cm³/mol. The molecule has 1 fully saturated rings. The number of thiophene rings is 1. The highest BCUT2D eigenvalue weighted by Crippen LogP contribution is 2.46. The standard InChI is InChI=1S/C18H13BrClN3OS2/c19-10-7-15(26-9-10)17-16(12-3-1-2-6-21-12)22-18(25)23(17)13-8-11(20)4-5-14(13)24/h1-9,16-17,24H,(H,22,25)/t16-,17+/m0/s1. The van der Waals surface area contributed by atoms with Gasteiger partial charge >= 0.3 is 0 Å². The van der Waals surface area contributed by atoms with Crippen LogP contribution in [0.3, 0.4) is 0 Å². The summed E-state index contributed by atoms with van der Waals surface area (Å²) in [6.45, 7) is 0. The molecule has 1 saturated heterocycles. The molecule has 2 N–H and O–H groups in total. The molecule has 2 aromatic heterocycles. The number of hydrogen-bond acceptors (Lipinski definition) is 4. The van der Waals surface area contributed by atoms with Crippen LogP contribution in [-0.2, 0) is 0 Å². The minimum atomic E-state index is -0.155. The van der Waals surface area contributed by atoms with Crippen LogP contribution >= 0.6 is 51.1 Å². The number of aromatic hydroxyl groups is 1. The highest BCUT2D eigenvalue weighted by molar-refractivity contribution is 9.10. The number of benzene rings is 1. The van der Waals surface area contributed by atoms with Gasteiger partial charge in [0.05, 0.1) is 23.5 Å². The summed E-state index contributed by atoms with van der Waals surface area (Å²) < 4.78 is 1.00. The largest absolute Gasteiger partial charge is 0.506 e. The van der Waals surface area contributed by atoms with E-state index in [2.05, 4.69) is 32.3 Å². The summed E-state index contributed by atoms with van der Waals surface area (Å²) >= 11 is 16.9. The van der Waals surface area contributed by atoms with Crippen LogP contribution in [0.1, 0.15) is 22.7 Å². The average molecular weight is 467 g/mol. The smallest absolute Gasteiger partial charge is 0.174 e. The van der Waals surface area contributed by atoms with Crippen molar-refractivity contribution >= 4 is 61.9 Å². The Morgan fingerprint density at radius 3 is 2.81 bits per heavy atom. The summed E-state index contributed by atoms with van der Waals surface area (Å²) in [7, 11) is 0. The first-order valence-corrected chi connectivity index (χ1v) is 10.2. The zero-order valence-corrected chi connectivity index (χ0v) is 17.2. The number of thiocarbonyl (C=S) groups is 1. The number of phenolic OH excluding ortho intramolecular Hbond substituents is 1. The third kappa shape index (κ3) is 3.20. The Balaban J connectivity index is 1.86. The molecule has 26 heavy (non-hydrogen) atoms. The maximum Gasteiger partial charge on any atom is 0.174 e. The van der Waals surface area contributed by atoms with Crippen molar-refractivity contribution in [2.24, 2.45) is 0 Å². The van der Waals surface area contributed by atoms with Gasteiger partial charge < -0.3 is 15.3 Å². The summed E-state index contributed by atoms with van der Waals surface area (Å²) in [6.07, 6.45) is 1.76. The SMILES string of the molecule is Oc1ccc(Cl)cc1N1C(=S)N[C@@H](c2ccccn2)[C@H]1c1cc(Br)cs1. The van der Waals surface area contributed by atoms with Crippen molar-refractivity contribution in [3.05, 3.63) is 74.1 Å². The van der Waals surface area contributed by atoms with E-state index in [1.165, 1.54) is 0 Å². The fraction of sp³-hybridized carbons (Fsp3) is 0.111. The lowest BCUT2D eigenvalue weighted by Gasteiger charge is -2.27. The maximum absolute atomic E-state index is 10.4. The minimum Gasteiger partial charge on any atom is -0.506 e. The van der Waals surface area contributed by atoms with Crippen molar-refractivity contribution in [1.29, 1.82) is 0 Å². The molecular weight excluding hydrogens is 454 g/mol. The number of halogens is 2. The highest BCUT2D eigenvalue weighted by atomic mass is 79.9. The summed E-state index contributed by atoms with van der Waals surface area (Å²) in [4.78, 5) is 7.51. The van der Waals surface area contributed by atoms with Gasteiger partial charge in [-0.05, 0) is 64.5 Å². The third-order valence-corrected chi connectivity index (χ3v) is 6.49. The van der Waals surface area contributed by atoms with Crippen LogP contribution in [0.15, 0.2) is 58.5 Å². The second-order valence-corrected chi connectivity index (χ2v) is 8.48. The fourth-order valence-electron chi connectivity index (χ4n) is 3.08. The van der Waals surface area contributed by atoms with Crippen molar-refractivity contribution in [3.63, 3.8) is 0 Å². The lowest BCUT2D eigenvalue weighted by molar-refractivity contribution is 0.473. The van der Waals surface area contributed by atoms with Gasteiger partial charge in [-0.25, -0.2) is 0 Å². The van der Waals surface area contributed by atoms with Crippen LogP contribution in [0, 0.1) is 0 Å². The zero-order valence-electron chi connectivity index (χ0n) is 13.3. The molecule has 0 saturated carbocycles. The van der Waals surface area contributed by atoms with Crippen molar-refractivity contribution in [2.45, 2.75) is 12.1 Å². The first kappa shape index (κ1) is 17.7. The van der Waals surface area contributed by atoms with Crippen molar-refractivity contribution in [3.8, 4) is 5.75 Å². The summed E-state index contributed by atoms with van der Waals surface area (Å²) in [6, 6.07) is 12.5. The number of aromatic nitrogens is 1. The van der Waals surface area contributed by atoms with E-state index in [9.17, 15) is 5.11 Å². The van der Waals surface area contributed by atoms with Crippen LogP contribution in [0.5, 0.6) is 5.75 Å². The predicted octanol–water partition coefficient (Wildman–Crippen LogP) is 5.44. The molecule has 0 unspecified atom stereocenters. The van der Waals surface area contributed by atoms with Gasteiger partial charge in [-0.1, -0.05) is 17.7 Å². The monoisotopic (exact) mass is 465 g/mol. The van der Waals surface area contributed by atoms with Crippen LogP contribution in [0.4, 0.5) is 5.69 Å². The fourth-order valence-corrected chi connectivity index (χ4v) is 5.15. The Morgan fingerprint density at radius 2 is 2.12 bits per heavy atom. The highest BCUT2D eigenvalue weighted by Gasteiger charge is 2.42. The number of nitrogens with one attached hydrogen (secondary N) is 1. The van der Waals surface area contributed by atoms with Gasteiger partial charge in [0.15, 0.2) is 5.11 Å². The molecule has 3 heterocycles. The minimum absolute atomic E-state index is 0.126. The van der Waals surface area contributed by atoms with E-state index in [1.54, 1.807) is 35.7 Å². The van der Waals surface area contributed by atoms with Gasteiger partial charge in [-0.15, -0.1) is 11.3 Å². The maximum atomic E-state index is 10.4. The Morgan fingerprint density at radius 1 is 1.27 bits per heavy atom. The molecule has 1 aliphatic rings. The van der Waals surface area contributed by atoms with Crippen molar-refractivity contribution < 1.29 is 5.11 Å². The second-order valence-electron chi connectivity index (χ2n) is 5.80. The van der Waals surface area contributed by atoms with Gasteiger partial charge in [0.25, 0.3) is 0 Å². The molecule has 4 rings (SSSR count). The van der Waals surface area contributed by atoms with Crippen molar-refractivity contribution in [1.82, 2.24) is 10.3 Å². The Hall–Kier alpha value is -1.67. The lowest BCUT2D eigenvalue weighted by Crippen LogP contribution is -2.29. The first-order chi connectivity index (χ1) is 12.5. The normalized spacial score (nSPS) is 19.6. The number of pyridine rings is 1. The number of nitrogens with zero attached hydrogens (tertiary/aromatic N) is 2. The Bertz CT molecular complexity index is 966. The van der Waals surface area contributed by atoms with E-state index in [0.717, 1.165) is 15.0 Å². The molecule has 3 aromatic rings. The molecule has 0 bridgehead atoms. The summed E-state index contributed by atoms with van der Waals surface area (Å²) in [5.41, 5.74) is 1.45. The summed E-state index contributed by atoms with van der Waals surface area (Å²) in [5.74, 6) is 0.126. The van der Waals surface area contributed by atoms with E-state index in [-0.39, 0.29) is 17.8 Å². The molecule has 0 aliphatic carbocycles. The van der Waals surface area contributed by atoms with E-state index in [4.69, 9.17) is 23.8 Å². The number of rotatable bonds is 3. The molecule has 1 aliphatic heterocycles. The topological polar surface area (TPSA) is 48.4 Å². The third-order valence-electron chi connectivity index (χ3n) is 4.17. The first-order valence-electron chi connectivity index (χ1n) is 7.77. The number of phenols is 1. The lowest BCUT2D eigenvalue weighted by atomic mass is 10.0. The average Bonchev–Trinajstić information content (AvgIpc) is 3.21. The van der Waals surface area contributed by atoms with E-state index in [0.29, 0.717) is 15.8 Å². The quantitative estimate of drug-likeness (QED) is 0.503. The van der Waals surface area contributed by atoms with Gasteiger partial charge in [-0.3, -0.25) is 4.98 Å². The van der Waals surface area contributed by atoms with E-state index >= 15 is 0 Å². The van der Waals surface area contributed by atoms with Gasteiger partial charge in [0, 0.05) is 25.9 Å². The molecule has 0 spiro atoms. The molecule has 0 radical (unpaired) electrons. The molecule has 0 amide bonds. The second kappa shape index (κ2) is 7.15. The summed E-state index contributed by atoms with van der Waals surface area (Å²) in [5, 5.41) is 16.9. The van der Waals surface area contributed by atoms with Crippen molar-refractivity contribution in [2.75, 3.05) is 4.90 Å². The van der Waals surface area contributed by atoms with Crippen LogP contribution < -0.4 is 10.2 Å². The van der Waals surface area contributed by atoms with Crippen LogP contribution in [0.25, 0.3) is 0 Å². The van der Waals surface area contributed by atoms with E-state index < -0.39 is 0 Å². The molecule has 4 nitrogen and oxygen atoms in total. The molecule has 132 valence electrons. The van der Waals surface area contributed by atoms with Gasteiger partial charge in [0.1, 0.15) is 5.75 Å². The molecule has 1 aromatic carbocycles. The van der Waals surface area contributed by atoms with Gasteiger partial charge in [0.2, 0.25) is 0 Å². The van der Waals surface area contributed by atoms with Gasteiger partial charge in [-0.2, -0.15) is 0 Å². The van der Waals surface area contributed by atoms with Crippen LogP contribution in [0.2, 0.25) is 5.02 Å². The molecule has 2 atom stereocenters.